The predicted molar refractivity (Wildman–Crippen MR) is 95.7 cm³/mol. The Morgan fingerprint density at radius 3 is 2.77 bits per heavy atom. The van der Waals surface area contributed by atoms with Gasteiger partial charge in [0, 0.05) is 24.2 Å². The maximum atomic E-state index is 14.4. The fraction of sp³-hybridized carbons (Fsp3) is 0.211. The molecule has 0 amide bonds. The Hall–Kier alpha value is -2.54. The van der Waals surface area contributed by atoms with Crippen molar-refractivity contribution in [2.24, 2.45) is 0 Å². The first-order valence-corrected chi connectivity index (χ1v) is 9.68. The van der Waals surface area contributed by atoms with Gasteiger partial charge in [-0.25, -0.2) is 17.2 Å². The number of benzene rings is 2. The highest BCUT2D eigenvalue weighted by Crippen LogP contribution is 2.36. The van der Waals surface area contributed by atoms with Crippen molar-refractivity contribution in [3.63, 3.8) is 0 Å². The number of pyridine rings is 1. The summed E-state index contributed by atoms with van der Waals surface area (Å²) in [4.78, 5) is 4.29. The van der Waals surface area contributed by atoms with Crippen LogP contribution in [0.3, 0.4) is 0 Å². The third-order valence-electron chi connectivity index (χ3n) is 4.54. The Morgan fingerprint density at radius 2 is 1.96 bits per heavy atom. The molecule has 0 N–H and O–H groups in total. The van der Waals surface area contributed by atoms with Crippen molar-refractivity contribution in [3.05, 3.63) is 65.4 Å². The molecule has 0 atom stereocenters. The van der Waals surface area contributed by atoms with Gasteiger partial charge in [-0.15, -0.1) is 0 Å². The van der Waals surface area contributed by atoms with Gasteiger partial charge in [0.25, 0.3) is 10.0 Å². The molecule has 2 heterocycles. The molecule has 0 bridgehead atoms. The van der Waals surface area contributed by atoms with Crippen molar-refractivity contribution in [2.45, 2.75) is 24.7 Å². The fourth-order valence-electron chi connectivity index (χ4n) is 3.42. The van der Waals surface area contributed by atoms with Gasteiger partial charge in [-0.2, -0.15) is 0 Å². The molecule has 3 aromatic rings. The second-order valence-corrected chi connectivity index (χ2v) is 8.25. The van der Waals surface area contributed by atoms with E-state index in [0.29, 0.717) is 29.3 Å². The lowest BCUT2D eigenvalue weighted by Gasteiger charge is -2.31. The van der Waals surface area contributed by atoms with Crippen LogP contribution in [0.25, 0.3) is 10.9 Å². The number of sulfonamides is 1. The maximum absolute atomic E-state index is 14.4. The van der Waals surface area contributed by atoms with Gasteiger partial charge < -0.3 is 0 Å². The van der Waals surface area contributed by atoms with E-state index in [1.807, 2.05) is 13.0 Å². The van der Waals surface area contributed by atoms with Crippen molar-refractivity contribution < 1.29 is 17.2 Å². The van der Waals surface area contributed by atoms with E-state index in [9.17, 15) is 17.2 Å². The summed E-state index contributed by atoms with van der Waals surface area (Å²) < 4.78 is 55.6. The SMILES string of the molecule is Cc1cnc2c(S(=O)(=O)N3CCCc4cc(F)cc(F)c43)cccc2c1. The van der Waals surface area contributed by atoms with E-state index in [4.69, 9.17) is 0 Å². The van der Waals surface area contributed by atoms with Crippen LogP contribution in [0.15, 0.2) is 47.5 Å². The lowest BCUT2D eigenvalue weighted by Crippen LogP contribution is -2.36. The Bertz CT molecular complexity index is 1130. The van der Waals surface area contributed by atoms with E-state index in [-0.39, 0.29) is 17.1 Å². The molecule has 4 rings (SSSR count). The van der Waals surface area contributed by atoms with Gasteiger partial charge in [-0.05, 0) is 49.1 Å². The Morgan fingerprint density at radius 1 is 1.15 bits per heavy atom. The molecule has 0 fully saturated rings. The summed E-state index contributed by atoms with van der Waals surface area (Å²) in [5.74, 6) is -1.57. The molecule has 2 aromatic carbocycles. The lowest BCUT2D eigenvalue weighted by atomic mass is 10.0. The highest BCUT2D eigenvalue weighted by molar-refractivity contribution is 7.93. The number of rotatable bonds is 2. The van der Waals surface area contributed by atoms with Crippen LogP contribution in [-0.4, -0.2) is 19.9 Å². The van der Waals surface area contributed by atoms with Gasteiger partial charge in [0.05, 0.1) is 11.2 Å². The molecule has 1 aliphatic heterocycles. The van der Waals surface area contributed by atoms with E-state index < -0.39 is 21.7 Å². The Labute approximate surface area is 150 Å². The van der Waals surface area contributed by atoms with Gasteiger partial charge in [0.2, 0.25) is 0 Å². The summed E-state index contributed by atoms with van der Waals surface area (Å²) in [5, 5.41) is 0.697. The molecule has 26 heavy (non-hydrogen) atoms. The smallest absolute Gasteiger partial charge is 0.263 e. The molecule has 0 unspecified atom stereocenters. The van der Waals surface area contributed by atoms with Gasteiger partial charge >= 0.3 is 0 Å². The minimum Gasteiger partial charge on any atom is -0.263 e. The number of hydrogen-bond acceptors (Lipinski definition) is 3. The first-order valence-electron chi connectivity index (χ1n) is 8.24. The molecule has 0 radical (unpaired) electrons. The molecule has 134 valence electrons. The van der Waals surface area contributed by atoms with E-state index in [2.05, 4.69) is 4.98 Å². The van der Waals surface area contributed by atoms with Gasteiger partial charge in [0.1, 0.15) is 10.7 Å². The first kappa shape index (κ1) is 16.9. The van der Waals surface area contributed by atoms with Crippen molar-refractivity contribution in [1.82, 2.24) is 4.98 Å². The van der Waals surface area contributed by atoms with Crippen LogP contribution >= 0.6 is 0 Å². The standard InChI is InChI=1S/C19H16F2N2O2S/c1-12-8-13-4-2-6-17(18(13)22-11-12)26(24,25)23-7-3-5-14-9-15(20)10-16(21)19(14)23/h2,4,6,8-11H,3,5,7H2,1H3. The summed E-state index contributed by atoms with van der Waals surface area (Å²) >= 11 is 0. The van der Waals surface area contributed by atoms with Crippen molar-refractivity contribution in [3.8, 4) is 0 Å². The number of para-hydroxylation sites is 1. The maximum Gasteiger partial charge on any atom is 0.266 e. The zero-order valence-electron chi connectivity index (χ0n) is 14.0. The third kappa shape index (κ3) is 2.63. The molecule has 1 aliphatic rings. The minimum atomic E-state index is -4.04. The monoisotopic (exact) mass is 374 g/mol. The van der Waals surface area contributed by atoms with Crippen molar-refractivity contribution in [1.29, 1.82) is 0 Å². The number of hydrogen-bond donors (Lipinski definition) is 0. The van der Waals surface area contributed by atoms with E-state index in [0.717, 1.165) is 15.9 Å². The predicted octanol–water partition coefficient (Wildman–Crippen LogP) is 3.96. The number of anilines is 1. The van der Waals surface area contributed by atoms with Crippen LogP contribution in [0.5, 0.6) is 0 Å². The molecule has 0 saturated carbocycles. The number of fused-ring (bicyclic) bond motifs is 2. The van der Waals surface area contributed by atoms with Crippen LogP contribution < -0.4 is 4.31 Å². The lowest BCUT2D eigenvalue weighted by molar-refractivity contribution is 0.562. The largest absolute Gasteiger partial charge is 0.266 e. The van der Waals surface area contributed by atoms with E-state index >= 15 is 0 Å². The Balaban J connectivity index is 1.93. The number of halogens is 2. The molecule has 0 spiro atoms. The summed E-state index contributed by atoms with van der Waals surface area (Å²) in [5.41, 5.74) is 1.55. The molecule has 0 saturated heterocycles. The van der Waals surface area contributed by atoms with Crippen LogP contribution in [0, 0.1) is 18.6 Å². The average Bonchev–Trinajstić information content (AvgIpc) is 2.60. The third-order valence-corrected chi connectivity index (χ3v) is 6.37. The highest BCUT2D eigenvalue weighted by atomic mass is 32.2. The van der Waals surface area contributed by atoms with Gasteiger partial charge in [0.15, 0.2) is 5.82 Å². The summed E-state index contributed by atoms with van der Waals surface area (Å²) in [7, 11) is -4.04. The second kappa shape index (κ2) is 6.02. The van der Waals surface area contributed by atoms with Crippen LogP contribution in [0.1, 0.15) is 17.5 Å². The quantitative estimate of drug-likeness (QED) is 0.682. The Kier molecular flexibility index (Phi) is 3.91. The summed E-state index contributed by atoms with van der Waals surface area (Å²) in [6.07, 6.45) is 2.52. The van der Waals surface area contributed by atoms with Gasteiger partial charge in [-0.1, -0.05) is 12.1 Å². The van der Waals surface area contributed by atoms with Crippen LogP contribution in [0.2, 0.25) is 0 Å². The van der Waals surface area contributed by atoms with Gasteiger partial charge in [-0.3, -0.25) is 9.29 Å². The van der Waals surface area contributed by atoms with Crippen molar-refractivity contribution >= 4 is 26.6 Å². The van der Waals surface area contributed by atoms with E-state index in [1.54, 1.807) is 18.3 Å². The minimum absolute atomic E-state index is 0.0200. The zero-order chi connectivity index (χ0) is 18.5. The molecule has 4 nitrogen and oxygen atoms in total. The molecule has 7 heteroatoms. The second-order valence-electron chi connectivity index (χ2n) is 6.42. The summed E-state index contributed by atoms with van der Waals surface area (Å²) in [6, 6.07) is 8.66. The molecular formula is C19H16F2N2O2S. The molecule has 1 aromatic heterocycles. The number of aromatic nitrogens is 1. The fourth-order valence-corrected chi connectivity index (χ4v) is 5.14. The van der Waals surface area contributed by atoms with Crippen molar-refractivity contribution in [2.75, 3.05) is 10.8 Å². The topological polar surface area (TPSA) is 50.3 Å². The normalized spacial score (nSPS) is 14.5. The van der Waals surface area contributed by atoms with Crippen LogP contribution in [0.4, 0.5) is 14.5 Å². The summed E-state index contributed by atoms with van der Waals surface area (Å²) in [6.45, 7) is 2.01. The highest BCUT2D eigenvalue weighted by Gasteiger charge is 2.33. The number of aryl methyl sites for hydroxylation is 2. The van der Waals surface area contributed by atoms with E-state index in [1.165, 1.54) is 12.1 Å². The number of nitrogens with zero attached hydrogens (tertiary/aromatic N) is 2. The molecule has 0 aliphatic carbocycles. The zero-order valence-corrected chi connectivity index (χ0v) is 14.9. The van der Waals surface area contributed by atoms with Crippen LogP contribution in [-0.2, 0) is 16.4 Å². The molecular weight excluding hydrogens is 358 g/mol. The first-order chi connectivity index (χ1) is 12.4. The average molecular weight is 374 g/mol.